The van der Waals surface area contributed by atoms with Gasteiger partial charge in [0.1, 0.15) is 15.3 Å². The highest BCUT2D eigenvalue weighted by Crippen LogP contribution is 2.38. The zero-order valence-corrected chi connectivity index (χ0v) is 29.0. The summed E-state index contributed by atoms with van der Waals surface area (Å²) in [5, 5.41) is 0.885. The third-order valence-corrected chi connectivity index (χ3v) is 10.9. The van der Waals surface area contributed by atoms with Crippen LogP contribution < -0.4 is 20.8 Å². The molecule has 1 fully saturated rings. The van der Waals surface area contributed by atoms with Crippen LogP contribution >= 0.6 is 0 Å². The zero-order valence-electron chi connectivity index (χ0n) is 28.0. The Kier molecular flexibility index (Phi) is 11.8. The first kappa shape index (κ1) is 33.3. The maximum Gasteiger partial charge on any atom is 0.212 e. The van der Waals surface area contributed by atoms with Crippen molar-refractivity contribution in [3.8, 4) is 5.75 Å². The monoisotopic (exact) mass is 644 g/mol. The molecule has 0 N–H and O–H groups in total. The van der Waals surface area contributed by atoms with Crippen molar-refractivity contribution in [3.63, 3.8) is 0 Å². The number of rotatable bonds is 14. The van der Waals surface area contributed by atoms with Gasteiger partial charge in [0.2, 0.25) is 6.71 Å². The molecule has 1 heterocycles. The maximum atomic E-state index is 6.10. The van der Waals surface area contributed by atoms with Crippen molar-refractivity contribution in [1.29, 1.82) is 0 Å². The van der Waals surface area contributed by atoms with Crippen LogP contribution in [0, 0.1) is 0 Å². The van der Waals surface area contributed by atoms with Gasteiger partial charge in [0.25, 0.3) is 0 Å². The van der Waals surface area contributed by atoms with E-state index in [2.05, 4.69) is 168 Å². The Balaban J connectivity index is 0.000000208. The minimum Gasteiger partial charge on any atom is -0.494 e. The summed E-state index contributed by atoms with van der Waals surface area (Å²) in [6.45, 7) is 3.62. The minimum absolute atomic E-state index is 0.376. The van der Waals surface area contributed by atoms with Gasteiger partial charge < -0.3 is 9.30 Å². The molecule has 48 heavy (non-hydrogen) atoms. The molecule has 0 saturated heterocycles. The Bertz CT molecular complexity index is 1680. The van der Waals surface area contributed by atoms with Gasteiger partial charge in [-0.15, -0.1) is 0 Å². The van der Waals surface area contributed by atoms with E-state index < -0.39 is 0 Å². The molecule has 0 spiro atoms. The van der Waals surface area contributed by atoms with E-state index in [4.69, 9.17) is 4.74 Å². The van der Waals surface area contributed by atoms with Crippen LogP contribution in [0.2, 0.25) is 5.82 Å². The van der Waals surface area contributed by atoms with Crippen molar-refractivity contribution in [1.82, 2.24) is 9.55 Å². The summed E-state index contributed by atoms with van der Waals surface area (Å²) in [5.41, 5.74) is 5.43. The van der Waals surface area contributed by atoms with Crippen molar-refractivity contribution in [2.45, 2.75) is 56.4 Å². The number of imidazole rings is 1. The molecule has 2 radical (unpaired) electrons. The van der Waals surface area contributed by atoms with Crippen LogP contribution in [-0.2, 0) is 5.16 Å². The van der Waals surface area contributed by atoms with Crippen LogP contribution in [0.15, 0.2) is 164 Å². The normalized spacial score (nSPS) is 12.5. The first-order chi connectivity index (χ1) is 23.8. The molecular weight excluding hydrogens is 599 g/mol. The second-order valence-corrected chi connectivity index (χ2v) is 14.2. The number of ether oxygens (including phenoxy) is 1. The van der Waals surface area contributed by atoms with E-state index in [9.17, 15) is 0 Å². The lowest BCUT2D eigenvalue weighted by molar-refractivity contribution is 0.305. The molecule has 6 aromatic rings. The molecular formula is C43H45BN2OSi. The first-order valence-electron chi connectivity index (χ1n) is 17.5. The molecule has 0 aliphatic heterocycles. The van der Waals surface area contributed by atoms with Gasteiger partial charge in [-0.2, -0.15) is 0 Å². The van der Waals surface area contributed by atoms with Crippen LogP contribution in [0.1, 0.15) is 56.6 Å². The van der Waals surface area contributed by atoms with Gasteiger partial charge in [-0.05, 0) is 29.7 Å². The standard InChI is InChI=1S/C28H30N2OSi.C15H15B/c1-2-3-4-11-21-31-26-17-12-18-27(22-26)32-28(30-20-19-29-23-30,24-13-7-5-8-14-24)25-15-9-6-10-16-25;1-3-7-13(8-4-1)16(15-11-12-15)14-9-5-2-6-10-14/h5-10,12-20,22-23H,2-4,11,21H2,1H3;1-10,15H,11-12H2. The summed E-state index contributed by atoms with van der Waals surface area (Å²) in [4.78, 5) is 4.41. The predicted molar refractivity (Wildman–Crippen MR) is 204 cm³/mol. The molecule has 0 amide bonds. The zero-order chi connectivity index (χ0) is 32.9. The van der Waals surface area contributed by atoms with Gasteiger partial charge in [-0.1, -0.05) is 194 Å². The lowest BCUT2D eigenvalue weighted by Crippen LogP contribution is -2.46. The average Bonchev–Trinajstić information content (AvgIpc) is 3.83. The van der Waals surface area contributed by atoms with E-state index in [1.807, 2.05) is 12.5 Å². The number of benzene rings is 5. The number of aromatic nitrogens is 2. The third kappa shape index (κ3) is 8.45. The van der Waals surface area contributed by atoms with Gasteiger partial charge in [-0.25, -0.2) is 4.98 Å². The largest absolute Gasteiger partial charge is 0.494 e. The van der Waals surface area contributed by atoms with Crippen molar-refractivity contribution in [2.75, 3.05) is 6.61 Å². The lowest BCUT2D eigenvalue weighted by Gasteiger charge is -2.36. The van der Waals surface area contributed by atoms with E-state index in [0.717, 1.165) is 24.6 Å². The quantitative estimate of drug-likeness (QED) is 0.0886. The summed E-state index contributed by atoms with van der Waals surface area (Å²) >= 11 is 0. The highest BCUT2D eigenvalue weighted by Gasteiger charge is 2.37. The Morgan fingerprint density at radius 2 is 1.29 bits per heavy atom. The lowest BCUT2D eigenvalue weighted by atomic mass is 9.37. The predicted octanol–water partition coefficient (Wildman–Crippen LogP) is 8.08. The summed E-state index contributed by atoms with van der Waals surface area (Å²) in [5.74, 6) is 1.82. The average molecular weight is 645 g/mol. The molecule has 1 aliphatic carbocycles. The molecule has 0 atom stereocenters. The molecule has 7 rings (SSSR count). The summed E-state index contributed by atoms with van der Waals surface area (Å²) in [6, 6.07) is 51.9. The molecule has 0 unspecified atom stereocenters. The fourth-order valence-corrected chi connectivity index (χ4v) is 8.26. The summed E-state index contributed by atoms with van der Waals surface area (Å²) < 4.78 is 8.34. The van der Waals surface area contributed by atoms with Gasteiger partial charge in [0, 0.05) is 12.4 Å². The summed E-state index contributed by atoms with van der Waals surface area (Å²) in [7, 11) is 0.460. The Hall–Kier alpha value is -4.61. The second-order valence-electron chi connectivity index (χ2n) is 12.6. The van der Waals surface area contributed by atoms with Crippen molar-refractivity contribution in [3.05, 3.63) is 175 Å². The minimum atomic E-state index is -0.376. The van der Waals surface area contributed by atoms with E-state index >= 15 is 0 Å². The molecule has 1 aromatic heterocycles. The van der Waals surface area contributed by atoms with Crippen molar-refractivity contribution < 1.29 is 4.74 Å². The van der Waals surface area contributed by atoms with Crippen LogP contribution in [-0.4, -0.2) is 32.4 Å². The van der Waals surface area contributed by atoms with E-state index in [0.29, 0.717) is 16.2 Å². The van der Waals surface area contributed by atoms with E-state index in [1.165, 1.54) is 59.3 Å². The van der Waals surface area contributed by atoms with E-state index in [-0.39, 0.29) is 5.16 Å². The summed E-state index contributed by atoms with van der Waals surface area (Å²) in [6.07, 6.45) is 13.5. The molecule has 0 bridgehead atoms. The topological polar surface area (TPSA) is 27.1 Å². The number of hydrogen-bond acceptors (Lipinski definition) is 2. The molecule has 1 saturated carbocycles. The SMILES string of the molecule is CCCCCCOc1cccc([Si]C(c2ccccc2)(c2ccccc2)n2ccnc2)c1.c1ccc(B(c2ccccc2)C2CC2)cc1. The maximum absolute atomic E-state index is 6.10. The van der Waals surface area contributed by atoms with Gasteiger partial charge >= 0.3 is 0 Å². The number of hydrogen-bond donors (Lipinski definition) is 0. The highest BCUT2D eigenvalue weighted by atomic mass is 28.2. The first-order valence-corrected chi connectivity index (χ1v) is 18.5. The molecule has 240 valence electrons. The molecule has 5 heteroatoms. The van der Waals surface area contributed by atoms with Crippen LogP contribution in [0.4, 0.5) is 0 Å². The van der Waals surface area contributed by atoms with Crippen LogP contribution in [0.3, 0.4) is 0 Å². The van der Waals surface area contributed by atoms with Gasteiger partial charge in [0.05, 0.1) is 18.1 Å². The van der Waals surface area contributed by atoms with Crippen molar-refractivity contribution >= 4 is 32.3 Å². The Labute approximate surface area is 290 Å². The fraction of sp³-hybridized carbons (Fsp3) is 0.233. The number of unbranched alkanes of at least 4 members (excludes halogenated alkanes) is 3. The smallest absolute Gasteiger partial charge is 0.212 e. The second kappa shape index (κ2) is 17.0. The van der Waals surface area contributed by atoms with Crippen LogP contribution in [0.5, 0.6) is 5.75 Å². The Morgan fingerprint density at radius 3 is 1.81 bits per heavy atom. The third-order valence-electron chi connectivity index (χ3n) is 9.11. The molecule has 3 nitrogen and oxygen atoms in total. The number of nitrogens with zero attached hydrogens (tertiary/aromatic N) is 2. The molecule has 5 aromatic carbocycles. The van der Waals surface area contributed by atoms with Crippen LogP contribution in [0.25, 0.3) is 0 Å². The Morgan fingerprint density at radius 1 is 0.708 bits per heavy atom. The highest BCUT2D eigenvalue weighted by molar-refractivity contribution is 6.86. The van der Waals surface area contributed by atoms with Gasteiger partial charge in [0.15, 0.2) is 0 Å². The molecule has 1 aliphatic rings. The van der Waals surface area contributed by atoms with Gasteiger partial charge in [-0.3, -0.25) is 0 Å². The van der Waals surface area contributed by atoms with Crippen molar-refractivity contribution in [2.24, 2.45) is 0 Å². The van der Waals surface area contributed by atoms with E-state index in [1.54, 1.807) is 0 Å². The fourth-order valence-electron chi connectivity index (χ4n) is 6.57.